The molecule has 0 aromatic heterocycles. The van der Waals surface area contributed by atoms with E-state index in [4.69, 9.17) is 10.5 Å². The second-order valence-electron chi connectivity index (χ2n) is 5.50. The number of carbonyl (C=O) groups excluding carboxylic acids is 2. The van der Waals surface area contributed by atoms with Gasteiger partial charge >= 0.3 is 6.09 Å². The number of nitrogens with zero attached hydrogens (tertiary/aromatic N) is 1. The topological polar surface area (TPSA) is 72.6 Å². The average Bonchev–Trinajstić information content (AvgIpc) is 2.39. The first-order valence-corrected chi connectivity index (χ1v) is 6.07. The summed E-state index contributed by atoms with van der Waals surface area (Å²) < 4.78 is 5.30. The van der Waals surface area contributed by atoms with E-state index in [0.29, 0.717) is 19.5 Å². The van der Waals surface area contributed by atoms with Crippen molar-refractivity contribution < 1.29 is 14.3 Å². The van der Waals surface area contributed by atoms with Gasteiger partial charge in [0.2, 0.25) is 5.91 Å². The number of nitrogens with two attached hydrogens (primary N) is 1. The highest BCUT2D eigenvalue weighted by Crippen LogP contribution is 2.19. The lowest BCUT2D eigenvalue weighted by atomic mass is 10.0. The largest absolute Gasteiger partial charge is 0.444 e. The minimum absolute atomic E-state index is 0.109. The summed E-state index contributed by atoms with van der Waals surface area (Å²) >= 11 is 0. The number of ether oxygens (including phenoxy) is 1. The van der Waals surface area contributed by atoms with Crippen LogP contribution in [0.4, 0.5) is 4.79 Å². The molecule has 1 aliphatic rings. The standard InChI is InChI=1S/C12H22N2O3/c1-12(2,3)17-11(16)14-7-4-5-9(6-8-14)10(13)15/h9H,4-8H2,1-3H3,(H2,13,15). The minimum atomic E-state index is -0.480. The summed E-state index contributed by atoms with van der Waals surface area (Å²) in [4.78, 5) is 24.6. The maximum Gasteiger partial charge on any atom is 0.410 e. The van der Waals surface area contributed by atoms with Crippen LogP contribution in [0.15, 0.2) is 0 Å². The van der Waals surface area contributed by atoms with Crippen molar-refractivity contribution in [1.82, 2.24) is 4.90 Å². The summed E-state index contributed by atoms with van der Waals surface area (Å²) in [5, 5.41) is 0. The molecule has 1 heterocycles. The molecule has 17 heavy (non-hydrogen) atoms. The van der Waals surface area contributed by atoms with Gasteiger partial charge in [0.1, 0.15) is 5.60 Å². The fraction of sp³-hybridized carbons (Fsp3) is 0.833. The number of amides is 2. The zero-order valence-corrected chi connectivity index (χ0v) is 10.9. The Morgan fingerprint density at radius 3 is 2.41 bits per heavy atom. The van der Waals surface area contributed by atoms with Crippen LogP contribution in [-0.4, -0.2) is 35.6 Å². The van der Waals surface area contributed by atoms with E-state index in [1.807, 2.05) is 20.8 Å². The van der Waals surface area contributed by atoms with Crippen LogP contribution in [0, 0.1) is 5.92 Å². The molecule has 1 saturated heterocycles. The third-order valence-electron chi connectivity index (χ3n) is 2.78. The number of hydrogen-bond donors (Lipinski definition) is 1. The molecule has 0 bridgehead atoms. The zero-order valence-electron chi connectivity index (χ0n) is 10.9. The summed E-state index contributed by atoms with van der Waals surface area (Å²) in [5.74, 6) is -0.376. The maximum absolute atomic E-state index is 11.8. The van der Waals surface area contributed by atoms with Crippen molar-refractivity contribution in [2.24, 2.45) is 11.7 Å². The molecule has 0 aromatic rings. The number of carbonyl (C=O) groups is 2. The fourth-order valence-corrected chi connectivity index (χ4v) is 1.89. The van der Waals surface area contributed by atoms with Gasteiger partial charge in [0.15, 0.2) is 0 Å². The summed E-state index contributed by atoms with van der Waals surface area (Å²) in [6, 6.07) is 0. The van der Waals surface area contributed by atoms with Crippen LogP contribution in [0.1, 0.15) is 40.0 Å². The van der Waals surface area contributed by atoms with Gasteiger partial charge in [-0.2, -0.15) is 0 Å². The molecule has 1 fully saturated rings. The lowest BCUT2D eigenvalue weighted by Crippen LogP contribution is -2.37. The first-order chi connectivity index (χ1) is 7.79. The van der Waals surface area contributed by atoms with Gasteiger partial charge in [0, 0.05) is 19.0 Å². The van der Waals surface area contributed by atoms with Crippen LogP contribution in [0.3, 0.4) is 0 Å². The molecule has 0 aliphatic carbocycles. The Hall–Kier alpha value is -1.26. The van der Waals surface area contributed by atoms with Crippen LogP contribution in [0.25, 0.3) is 0 Å². The number of rotatable bonds is 1. The SMILES string of the molecule is CC(C)(C)OC(=O)N1CCCC(C(N)=O)CC1. The van der Waals surface area contributed by atoms with E-state index >= 15 is 0 Å². The second-order valence-corrected chi connectivity index (χ2v) is 5.50. The molecular weight excluding hydrogens is 220 g/mol. The molecule has 2 amide bonds. The van der Waals surface area contributed by atoms with E-state index in [1.165, 1.54) is 0 Å². The number of hydrogen-bond acceptors (Lipinski definition) is 3. The number of likely N-dealkylation sites (tertiary alicyclic amines) is 1. The first-order valence-electron chi connectivity index (χ1n) is 6.07. The predicted molar refractivity (Wildman–Crippen MR) is 64.3 cm³/mol. The van der Waals surface area contributed by atoms with Gasteiger partial charge in [-0.25, -0.2) is 4.79 Å². The van der Waals surface area contributed by atoms with E-state index in [-0.39, 0.29) is 17.9 Å². The van der Waals surface area contributed by atoms with Crippen molar-refractivity contribution in [3.8, 4) is 0 Å². The van der Waals surface area contributed by atoms with E-state index in [1.54, 1.807) is 4.90 Å². The molecule has 0 radical (unpaired) electrons. The molecule has 0 aromatic carbocycles. The molecular formula is C12H22N2O3. The normalized spacial score (nSPS) is 21.8. The Kier molecular flexibility index (Phi) is 4.37. The van der Waals surface area contributed by atoms with E-state index < -0.39 is 5.60 Å². The van der Waals surface area contributed by atoms with Crippen molar-refractivity contribution in [2.75, 3.05) is 13.1 Å². The lowest BCUT2D eigenvalue weighted by Gasteiger charge is -2.26. The Balaban J connectivity index is 2.51. The molecule has 1 atom stereocenters. The summed E-state index contributed by atoms with van der Waals surface area (Å²) in [6.45, 7) is 6.71. The highest BCUT2D eigenvalue weighted by molar-refractivity contribution is 5.76. The molecule has 0 spiro atoms. The average molecular weight is 242 g/mol. The fourth-order valence-electron chi connectivity index (χ4n) is 1.89. The van der Waals surface area contributed by atoms with Crippen LogP contribution in [0.2, 0.25) is 0 Å². The van der Waals surface area contributed by atoms with Gasteiger partial charge in [-0.1, -0.05) is 0 Å². The van der Waals surface area contributed by atoms with Crippen molar-refractivity contribution >= 4 is 12.0 Å². The van der Waals surface area contributed by atoms with Crippen LogP contribution in [-0.2, 0) is 9.53 Å². The van der Waals surface area contributed by atoms with Gasteiger partial charge in [-0.15, -0.1) is 0 Å². The molecule has 2 N–H and O–H groups in total. The van der Waals surface area contributed by atoms with Crippen molar-refractivity contribution in [1.29, 1.82) is 0 Å². The summed E-state index contributed by atoms with van der Waals surface area (Å²) in [5.41, 5.74) is 4.81. The summed E-state index contributed by atoms with van der Waals surface area (Å²) in [6.07, 6.45) is 1.89. The maximum atomic E-state index is 11.8. The van der Waals surface area contributed by atoms with Crippen molar-refractivity contribution in [3.05, 3.63) is 0 Å². The van der Waals surface area contributed by atoms with E-state index in [0.717, 1.165) is 12.8 Å². The van der Waals surface area contributed by atoms with Crippen molar-refractivity contribution in [3.63, 3.8) is 0 Å². The smallest absolute Gasteiger partial charge is 0.410 e. The van der Waals surface area contributed by atoms with Gasteiger partial charge in [0.05, 0.1) is 0 Å². The zero-order chi connectivity index (χ0) is 13.1. The van der Waals surface area contributed by atoms with Crippen LogP contribution in [0.5, 0.6) is 0 Å². The Bertz CT molecular complexity index is 297. The van der Waals surface area contributed by atoms with Crippen LogP contribution < -0.4 is 5.73 Å². The van der Waals surface area contributed by atoms with Crippen LogP contribution >= 0.6 is 0 Å². The van der Waals surface area contributed by atoms with Gasteiger partial charge in [0.25, 0.3) is 0 Å². The lowest BCUT2D eigenvalue weighted by molar-refractivity contribution is -0.122. The molecule has 1 rings (SSSR count). The molecule has 98 valence electrons. The Morgan fingerprint density at radius 2 is 1.88 bits per heavy atom. The van der Waals surface area contributed by atoms with Gasteiger partial charge < -0.3 is 15.4 Å². The third kappa shape index (κ3) is 4.63. The molecule has 0 saturated carbocycles. The molecule has 1 aliphatic heterocycles. The second kappa shape index (κ2) is 5.38. The summed E-state index contributed by atoms with van der Waals surface area (Å²) in [7, 11) is 0. The van der Waals surface area contributed by atoms with Crippen molar-refractivity contribution in [2.45, 2.75) is 45.6 Å². The van der Waals surface area contributed by atoms with Gasteiger partial charge in [-0.05, 0) is 40.0 Å². The first kappa shape index (κ1) is 13.8. The van der Waals surface area contributed by atoms with E-state index in [2.05, 4.69) is 0 Å². The third-order valence-corrected chi connectivity index (χ3v) is 2.78. The Morgan fingerprint density at radius 1 is 1.24 bits per heavy atom. The highest BCUT2D eigenvalue weighted by atomic mass is 16.6. The van der Waals surface area contributed by atoms with Gasteiger partial charge in [-0.3, -0.25) is 4.79 Å². The van der Waals surface area contributed by atoms with E-state index in [9.17, 15) is 9.59 Å². The number of primary amides is 1. The molecule has 5 heteroatoms. The predicted octanol–water partition coefficient (Wildman–Crippen LogP) is 1.51. The molecule has 1 unspecified atom stereocenters. The highest BCUT2D eigenvalue weighted by Gasteiger charge is 2.26. The molecule has 5 nitrogen and oxygen atoms in total. The minimum Gasteiger partial charge on any atom is -0.444 e. The monoisotopic (exact) mass is 242 g/mol. The Labute approximate surface area is 102 Å². The quantitative estimate of drug-likeness (QED) is 0.757.